The predicted octanol–water partition coefficient (Wildman–Crippen LogP) is 1.82. The molecular weight excluding hydrogens is 390 g/mol. The van der Waals surface area contributed by atoms with Crippen molar-refractivity contribution in [1.82, 2.24) is 0 Å². The van der Waals surface area contributed by atoms with Gasteiger partial charge in [0, 0.05) is 0 Å². The van der Waals surface area contributed by atoms with Crippen molar-refractivity contribution in [1.29, 1.82) is 0 Å². The molecule has 0 saturated heterocycles. The van der Waals surface area contributed by atoms with Crippen LogP contribution in [0.1, 0.15) is 5.56 Å². The fourth-order valence-electron chi connectivity index (χ4n) is 1.60. The van der Waals surface area contributed by atoms with Crippen molar-refractivity contribution in [2.45, 2.75) is 0 Å². The van der Waals surface area contributed by atoms with Crippen molar-refractivity contribution in [2.75, 3.05) is 5.32 Å². The zero-order valence-electron chi connectivity index (χ0n) is 8.81. The molecular formula is C9H3Br2N3O5. The maximum absolute atomic E-state index is 11.5. The molecule has 1 aliphatic heterocycles. The first kappa shape index (κ1) is 13.6. The molecule has 0 atom stereocenters. The number of Topliss-reactive ketones (excluding diaryl/α,β-unsaturated/α-hetero) is 1. The van der Waals surface area contributed by atoms with Crippen LogP contribution in [0.25, 0.3) is 0 Å². The number of carbonyl (C=O) groups excluding carboxylic acids is 2. The number of hydrogen-bond donors (Lipinski definition) is 2. The van der Waals surface area contributed by atoms with Gasteiger partial charge >= 0.3 is 0 Å². The largest absolute Gasteiger partial charge is 0.410 e. The number of nitrogens with zero attached hydrogens (tertiary/aromatic N) is 2. The summed E-state index contributed by atoms with van der Waals surface area (Å²) in [5.74, 6) is -2.06. The van der Waals surface area contributed by atoms with Crippen LogP contribution in [0.5, 0.6) is 0 Å². The number of carbonyl (C=O) groups is 2. The van der Waals surface area contributed by atoms with Gasteiger partial charge in [0.15, 0.2) is 5.71 Å². The summed E-state index contributed by atoms with van der Waals surface area (Å²) in [6.45, 7) is 0. The average molecular weight is 393 g/mol. The maximum atomic E-state index is 11.5. The van der Waals surface area contributed by atoms with E-state index < -0.39 is 22.3 Å². The van der Waals surface area contributed by atoms with Gasteiger partial charge in [-0.3, -0.25) is 19.7 Å². The highest BCUT2D eigenvalue weighted by Crippen LogP contribution is 2.41. The zero-order chi connectivity index (χ0) is 14.3. The molecule has 0 aliphatic carbocycles. The first-order valence-corrected chi connectivity index (χ1v) is 6.21. The summed E-state index contributed by atoms with van der Waals surface area (Å²) >= 11 is 5.97. The summed E-state index contributed by atoms with van der Waals surface area (Å²) in [6.07, 6.45) is 0. The summed E-state index contributed by atoms with van der Waals surface area (Å²) < 4.78 is 0.0399. The third-order valence-electron chi connectivity index (χ3n) is 2.38. The van der Waals surface area contributed by atoms with Crippen LogP contribution in [-0.2, 0) is 9.59 Å². The topological polar surface area (TPSA) is 122 Å². The Morgan fingerprint density at radius 1 is 1.37 bits per heavy atom. The highest BCUT2D eigenvalue weighted by molar-refractivity contribution is 9.11. The molecule has 0 spiro atoms. The lowest BCUT2D eigenvalue weighted by molar-refractivity contribution is -0.386. The maximum Gasteiger partial charge on any atom is 0.298 e. The van der Waals surface area contributed by atoms with Crippen molar-refractivity contribution in [2.24, 2.45) is 5.16 Å². The number of ketones is 1. The Bertz CT molecular complexity index is 670. The monoisotopic (exact) mass is 391 g/mol. The van der Waals surface area contributed by atoms with Crippen molar-refractivity contribution in [3.8, 4) is 0 Å². The Morgan fingerprint density at radius 3 is 2.53 bits per heavy atom. The van der Waals surface area contributed by atoms with Gasteiger partial charge in [-0.05, 0) is 37.9 Å². The fraction of sp³-hybridized carbons (Fsp3) is 0. The van der Waals surface area contributed by atoms with Crippen LogP contribution in [0.15, 0.2) is 20.2 Å². The Labute approximate surface area is 121 Å². The fourth-order valence-corrected chi connectivity index (χ4v) is 3.20. The number of nitrogens with one attached hydrogen (secondary N) is 1. The predicted molar refractivity (Wildman–Crippen MR) is 70.5 cm³/mol. The number of rotatable bonds is 1. The number of amides is 1. The quantitative estimate of drug-likeness (QED) is 0.326. The van der Waals surface area contributed by atoms with Gasteiger partial charge < -0.3 is 10.5 Å². The highest BCUT2D eigenvalue weighted by atomic mass is 79.9. The molecule has 19 heavy (non-hydrogen) atoms. The Balaban J connectivity index is 2.84. The van der Waals surface area contributed by atoms with Crippen molar-refractivity contribution >= 4 is 60.6 Å². The lowest BCUT2D eigenvalue weighted by Gasteiger charge is -2.18. The number of nitro groups is 1. The van der Waals surface area contributed by atoms with Crippen LogP contribution in [0.2, 0.25) is 0 Å². The van der Waals surface area contributed by atoms with Crippen molar-refractivity contribution in [3.05, 3.63) is 30.7 Å². The molecule has 0 radical (unpaired) electrons. The normalized spacial score (nSPS) is 16.2. The molecule has 8 nitrogen and oxygen atoms in total. The van der Waals surface area contributed by atoms with E-state index in [2.05, 4.69) is 42.3 Å². The SMILES string of the molecule is O=C1Nc2cc(Br)c([N+](=O)[O-])c(Br)c2/C(=N/O)C1=O. The molecule has 98 valence electrons. The van der Waals surface area contributed by atoms with Crippen molar-refractivity contribution < 1.29 is 19.7 Å². The molecule has 1 aromatic carbocycles. The molecule has 2 N–H and O–H groups in total. The molecule has 0 fully saturated rings. The summed E-state index contributed by atoms with van der Waals surface area (Å²) in [6, 6.07) is 1.26. The van der Waals surface area contributed by atoms with Crippen LogP contribution in [0, 0.1) is 10.1 Å². The molecule has 0 aromatic heterocycles. The summed E-state index contributed by atoms with van der Waals surface area (Å²) in [4.78, 5) is 33.1. The number of oxime groups is 1. The molecule has 2 rings (SSSR count). The third kappa shape index (κ3) is 2.02. The number of fused-ring (bicyclic) bond motifs is 1. The van der Waals surface area contributed by atoms with E-state index in [0.717, 1.165) is 0 Å². The second-order valence-electron chi connectivity index (χ2n) is 3.43. The van der Waals surface area contributed by atoms with Gasteiger partial charge in [0.1, 0.15) is 4.47 Å². The number of nitro benzene ring substituents is 1. The number of anilines is 1. The lowest BCUT2D eigenvalue weighted by atomic mass is 9.99. The smallest absolute Gasteiger partial charge is 0.298 e. The highest BCUT2D eigenvalue weighted by Gasteiger charge is 2.36. The van der Waals surface area contributed by atoms with Gasteiger partial charge in [-0.25, -0.2) is 0 Å². The van der Waals surface area contributed by atoms with Gasteiger partial charge in [-0.15, -0.1) is 0 Å². The molecule has 0 bridgehead atoms. The standard InChI is InChI=1S/C9H3Br2N3O5/c10-2-1-3-4(5(11)7(2)14(18)19)6(13-17)8(15)9(16)12-3/h1,17H,(H,12,16)/b13-6-. The third-order valence-corrected chi connectivity index (χ3v) is 3.76. The Kier molecular flexibility index (Phi) is 3.37. The number of hydrogen-bond acceptors (Lipinski definition) is 6. The van der Waals surface area contributed by atoms with Gasteiger partial charge in [-0.1, -0.05) is 5.16 Å². The summed E-state index contributed by atoms with van der Waals surface area (Å²) in [5, 5.41) is 24.8. The first-order valence-electron chi connectivity index (χ1n) is 4.63. The molecule has 1 aliphatic rings. The van der Waals surface area contributed by atoms with E-state index in [1.807, 2.05) is 0 Å². The minimum Gasteiger partial charge on any atom is -0.410 e. The Hall–Kier alpha value is -1.81. The minimum absolute atomic E-state index is 0.0398. The van der Waals surface area contributed by atoms with E-state index in [4.69, 9.17) is 5.21 Å². The van der Waals surface area contributed by atoms with E-state index in [-0.39, 0.29) is 25.9 Å². The van der Waals surface area contributed by atoms with Gasteiger partial charge in [0.25, 0.3) is 17.4 Å². The van der Waals surface area contributed by atoms with Crippen LogP contribution in [-0.4, -0.2) is 27.5 Å². The molecule has 1 heterocycles. The van der Waals surface area contributed by atoms with Crippen LogP contribution < -0.4 is 5.32 Å². The summed E-state index contributed by atoms with van der Waals surface area (Å²) in [7, 11) is 0. The number of halogens is 2. The van der Waals surface area contributed by atoms with E-state index in [1.165, 1.54) is 6.07 Å². The minimum atomic E-state index is -1.08. The molecule has 10 heteroatoms. The molecule has 1 amide bonds. The first-order chi connectivity index (χ1) is 8.88. The second-order valence-corrected chi connectivity index (χ2v) is 5.08. The van der Waals surface area contributed by atoms with Gasteiger partial charge in [0.2, 0.25) is 0 Å². The van der Waals surface area contributed by atoms with Crippen LogP contribution >= 0.6 is 31.9 Å². The van der Waals surface area contributed by atoms with Crippen LogP contribution in [0.3, 0.4) is 0 Å². The van der Waals surface area contributed by atoms with E-state index in [9.17, 15) is 19.7 Å². The van der Waals surface area contributed by atoms with Gasteiger partial charge in [-0.2, -0.15) is 0 Å². The van der Waals surface area contributed by atoms with E-state index in [1.54, 1.807) is 0 Å². The molecule has 1 aromatic rings. The Morgan fingerprint density at radius 2 is 2.00 bits per heavy atom. The summed E-state index contributed by atoms with van der Waals surface area (Å²) in [5.41, 5.74) is -0.811. The lowest BCUT2D eigenvalue weighted by Crippen LogP contribution is -2.36. The second kappa shape index (κ2) is 4.70. The van der Waals surface area contributed by atoms with Crippen LogP contribution in [0.4, 0.5) is 11.4 Å². The zero-order valence-corrected chi connectivity index (χ0v) is 12.0. The molecule has 0 saturated carbocycles. The number of benzene rings is 1. The average Bonchev–Trinajstić information content (AvgIpc) is 2.31. The van der Waals surface area contributed by atoms with Crippen molar-refractivity contribution in [3.63, 3.8) is 0 Å². The van der Waals surface area contributed by atoms with E-state index >= 15 is 0 Å². The molecule has 0 unspecified atom stereocenters. The van der Waals surface area contributed by atoms with Gasteiger partial charge in [0.05, 0.1) is 20.6 Å². The van der Waals surface area contributed by atoms with E-state index in [0.29, 0.717) is 0 Å².